The molecule has 0 bridgehead atoms. The highest BCUT2D eigenvalue weighted by molar-refractivity contribution is 6.30. The highest BCUT2D eigenvalue weighted by Gasteiger charge is 2.30. The highest BCUT2D eigenvalue weighted by Crippen LogP contribution is 2.34. The number of halogens is 1. The molecule has 106 valence electrons. The summed E-state index contributed by atoms with van der Waals surface area (Å²) in [5, 5.41) is 4.16. The Morgan fingerprint density at radius 3 is 2.42 bits per heavy atom. The molecule has 1 aromatic rings. The quantitative estimate of drug-likeness (QED) is 0.834. The van der Waals surface area contributed by atoms with E-state index in [1.807, 2.05) is 6.92 Å². The van der Waals surface area contributed by atoms with Gasteiger partial charge in [-0.15, -0.1) is 0 Å². The second-order valence-corrected chi connectivity index (χ2v) is 6.52. The van der Waals surface area contributed by atoms with Gasteiger partial charge in [0.25, 0.3) is 0 Å². The van der Waals surface area contributed by atoms with Gasteiger partial charge in [-0.05, 0) is 31.6 Å². The zero-order chi connectivity index (χ0) is 14.2. The van der Waals surface area contributed by atoms with E-state index in [0.29, 0.717) is 23.0 Å². The van der Waals surface area contributed by atoms with Crippen molar-refractivity contribution in [3.63, 3.8) is 0 Å². The zero-order valence-corrected chi connectivity index (χ0v) is 13.3. The maximum atomic E-state index is 6.22. The maximum Gasteiger partial charge on any atom is 0.137 e. The minimum atomic E-state index is 0.290. The summed E-state index contributed by atoms with van der Waals surface area (Å²) in [6, 6.07) is 0.500. The Morgan fingerprint density at radius 2 is 1.89 bits per heavy atom. The SMILES string of the molecule is Cc1c(Cl)nc(C(C)C)nc1NC1CCC(C)C1C. The lowest BCUT2D eigenvalue weighted by Crippen LogP contribution is -2.25. The Kier molecular flexibility index (Phi) is 4.34. The van der Waals surface area contributed by atoms with Crippen molar-refractivity contribution in [3.8, 4) is 0 Å². The molecule has 1 fully saturated rings. The summed E-state index contributed by atoms with van der Waals surface area (Å²) in [5.74, 6) is 3.47. The molecule has 3 atom stereocenters. The van der Waals surface area contributed by atoms with Crippen LogP contribution >= 0.6 is 11.6 Å². The smallest absolute Gasteiger partial charge is 0.137 e. The third-order valence-electron chi connectivity index (χ3n) is 4.41. The van der Waals surface area contributed by atoms with Crippen LogP contribution in [0.1, 0.15) is 57.8 Å². The van der Waals surface area contributed by atoms with Crippen molar-refractivity contribution in [2.45, 2.75) is 59.4 Å². The van der Waals surface area contributed by atoms with Crippen LogP contribution in [0.5, 0.6) is 0 Å². The molecule has 0 spiro atoms. The van der Waals surface area contributed by atoms with Gasteiger partial charge in [-0.1, -0.05) is 39.3 Å². The molecule has 0 aliphatic heterocycles. The third-order valence-corrected chi connectivity index (χ3v) is 4.78. The van der Waals surface area contributed by atoms with Gasteiger partial charge in [-0.3, -0.25) is 0 Å². The molecule has 1 aliphatic rings. The number of aromatic nitrogens is 2. The molecule has 0 saturated heterocycles. The van der Waals surface area contributed by atoms with Crippen LogP contribution in [0.2, 0.25) is 5.15 Å². The molecule has 4 heteroatoms. The Hall–Kier alpha value is -0.830. The van der Waals surface area contributed by atoms with Crippen molar-refractivity contribution in [1.82, 2.24) is 9.97 Å². The molecule has 1 heterocycles. The van der Waals surface area contributed by atoms with Crippen molar-refractivity contribution < 1.29 is 0 Å². The van der Waals surface area contributed by atoms with Crippen molar-refractivity contribution in [2.75, 3.05) is 5.32 Å². The average Bonchev–Trinajstić information content (AvgIpc) is 2.66. The molecule has 0 aromatic carbocycles. The van der Waals surface area contributed by atoms with Crippen molar-refractivity contribution in [1.29, 1.82) is 0 Å². The Morgan fingerprint density at radius 1 is 1.21 bits per heavy atom. The Bertz CT molecular complexity index is 459. The normalized spacial score (nSPS) is 27.0. The van der Waals surface area contributed by atoms with Gasteiger partial charge in [0, 0.05) is 17.5 Å². The predicted molar refractivity (Wildman–Crippen MR) is 80.8 cm³/mol. The maximum absolute atomic E-state index is 6.22. The van der Waals surface area contributed by atoms with Gasteiger partial charge in [-0.2, -0.15) is 0 Å². The highest BCUT2D eigenvalue weighted by atomic mass is 35.5. The monoisotopic (exact) mass is 281 g/mol. The van der Waals surface area contributed by atoms with Gasteiger partial charge in [0.15, 0.2) is 0 Å². The fraction of sp³-hybridized carbons (Fsp3) is 0.733. The summed E-state index contributed by atoms with van der Waals surface area (Å²) >= 11 is 6.22. The fourth-order valence-electron chi connectivity index (χ4n) is 2.65. The van der Waals surface area contributed by atoms with Crippen LogP contribution in [-0.4, -0.2) is 16.0 Å². The molecule has 3 unspecified atom stereocenters. The van der Waals surface area contributed by atoms with E-state index in [1.54, 1.807) is 0 Å². The topological polar surface area (TPSA) is 37.8 Å². The van der Waals surface area contributed by atoms with E-state index >= 15 is 0 Å². The molecular formula is C15H24ClN3. The molecule has 1 aromatic heterocycles. The lowest BCUT2D eigenvalue weighted by Gasteiger charge is -2.22. The van der Waals surface area contributed by atoms with Crippen LogP contribution in [0.25, 0.3) is 0 Å². The summed E-state index contributed by atoms with van der Waals surface area (Å²) in [5.41, 5.74) is 0.956. The summed E-state index contributed by atoms with van der Waals surface area (Å²) in [4.78, 5) is 9.00. The molecule has 2 rings (SSSR count). The molecule has 0 radical (unpaired) electrons. The molecule has 3 nitrogen and oxygen atoms in total. The third kappa shape index (κ3) is 3.02. The van der Waals surface area contributed by atoms with Crippen LogP contribution in [-0.2, 0) is 0 Å². The Balaban J connectivity index is 2.24. The first-order valence-corrected chi connectivity index (χ1v) is 7.58. The van der Waals surface area contributed by atoms with E-state index in [-0.39, 0.29) is 0 Å². The number of nitrogens with one attached hydrogen (secondary N) is 1. The average molecular weight is 282 g/mol. The van der Waals surface area contributed by atoms with Crippen LogP contribution in [0.4, 0.5) is 5.82 Å². The number of anilines is 1. The minimum absolute atomic E-state index is 0.290. The summed E-state index contributed by atoms with van der Waals surface area (Å²) in [6.07, 6.45) is 2.49. The van der Waals surface area contributed by atoms with Crippen molar-refractivity contribution in [3.05, 3.63) is 16.5 Å². The van der Waals surface area contributed by atoms with E-state index in [9.17, 15) is 0 Å². The molecule has 1 N–H and O–H groups in total. The van der Waals surface area contributed by atoms with Crippen LogP contribution in [0, 0.1) is 18.8 Å². The largest absolute Gasteiger partial charge is 0.367 e. The van der Waals surface area contributed by atoms with Gasteiger partial charge in [0.2, 0.25) is 0 Å². The molecule has 19 heavy (non-hydrogen) atoms. The first-order valence-electron chi connectivity index (χ1n) is 7.20. The van der Waals surface area contributed by atoms with Gasteiger partial charge in [0.05, 0.1) is 0 Å². The van der Waals surface area contributed by atoms with Crippen molar-refractivity contribution >= 4 is 17.4 Å². The van der Waals surface area contributed by atoms with E-state index in [2.05, 4.69) is 43.0 Å². The van der Waals surface area contributed by atoms with Crippen LogP contribution in [0.15, 0.2) is 0 Å². The zero-order valence-electron chi connectivity index (χ0n) is 12.5. The van der Waals surface area contributed by atoms with Gasteiger partial charge in [0.1, 0.15) is 16.8 Å². The summed E-state index contributed by atoms with van der Waals surface area (Å²) in [7, 11) is 0. The van der Waals surface area contributed by atoms with Gasteiger partial charge < -0.3 is 5.32 Å². The molecule has 1 aliphatic carbocycles. The first kappa shape index (κ1) is 14.6. The second kappa shape index (κ2) is 5.66. The lowest BCUT2D eigenvalue weighted by atomic mass is 9.98. The van der Waals surface area contributed by atoms with E-state index in [0.717, 1.165) is 23.1 Å². The molecule has 1 saturated carbocycles. The van der Waals surface area contributed by atoms with E-state index < -0.39 is 0 Å². The van der Waals surface area contributed by atoms with Crippen molar-refractivity contribution in [2.24, 2.45) is 11.8 Å². The van der Waals surface area contributed by atoms with Crippen LogP contribution < -0.4 is 5.32 Å². The number of hydrogen-bond acceptors (Lipinski definition) is 3. The van der Waals surface area contributed by atoms with Crippen LogP contribution in [0.3, 0.4) is 0 Å². The summed E-state index contributed by atoms with van der Waals surface area (Å²) in [6.45, 7) is 10.8. The predicted octanol–water partition coefficient (Wildman–Crippen LogP) is 4.41. The second-order valence-electron chi connectivity index (χ2n) is 6.17. The number of rotatable bonds is 3. The van der Waals surface area contributed by atoms with Gasteiger partial charge in [-0.25, -0.2) is 9.97 Å². The molecular weight excluding hydrogens is 258 g/mol. The number of nitrogens with zero attached hydrogens (tertiary/aromatic N) is 2. The standard InChI is InChI=1S/C15H24ClN3/c1-8(2)14-18-13(16)11(5)15(19-14)17-12-7-6-9(3)10(12)4/h8-10,12H,6-7H2,1-5H3,(H,17,18,19). The first-order chi connectivity index (χ1) is 8.90. The Labute approximate surface area is 121 Å². The molecule has 0 amide bonds. The van der Waals surface area contributed by atoms with E-state index in [1.165, 1.54) is 12.8 Å². The minimum Gasteiger partial charge on any atom is -0.367 e. The fourth-order valence-corrected chi connectivity index (χ4v) is 2.82. The van der Waals surface area contributed by atoms with Gasteiger partial charge >= 0.3 is 0 Å². The lowest BCUT2D eigenvalue weighted by molar-refractivity contribution is 0.435. The van der Waals surface area contributed by atoms with E-state index in [4.69, 9.17) is 11.6 Å². The summed E-state index contributed by atoms with van der Waals surface area (Å²) < 4.78 is 0. The number of hydrogen-bond donors (Lipinski definition) is 1.